The maximum absolute atomic E-state index is 12.0. The van der Waals surface area contributed by atoms with Crippen molar-refractivity contribution in [3.05, 3.63) is 0 Å². The maximum atomic E-state index is 12.0. The zero-order valence-electron chi connectivity index (χ0n) is 11.9. The Bertz CT molecular complexity index is 372. The zero-order chi connectivity index (χ0) is 15.1. The number of ether oxygens (including phenoxy) is 1. The molecule has 0 bridgehead atoms. The summed E-state index contributed by atoms with van der Waals surface area (Å²) in [5.41, 5.74) is 0. The fraction of sp³-hybridized carbons (Fsp3) is 0.769. The van der Waals surface area contributed by atoms with Gasteiger partial charge >= 0.3 is 5.97 Å². The molecule has 114 valence electrons. The van der Waals surface area contributed by atoms with Crippen molar-refractivity contribution in [2.45, 2.75) is 32.3 Å². The quantitative estimate of drug-likeness (QED) is 0.708. The summed E-state index contributed by atoms with van der Waals surface area (Å²) in [6.45, 7) is 2.78. The predicted octanol–water partition coefficient (Wildman–Crippen LogP) is -0.149. The number of piperidine rings is 1. The van der Waals surface area contributed by atoms with Gasteiger partial charge in [0.25, 0.3) is 0 Å². The van der Waals surface area contributed by atoms with Gasteiger partial charge in [-0.3, -0.25) is 14.4 Å². The fourth-order valence-corrected chi connectivity index (χ4v) is 2.27. The lowest BCUT2D eigenvalue weighted by molar-refractivity contribution is -0.140. The molecule has 0 aromatic rings. The number of nitrogens with one attached hydrogen (secondary N) is 1. The van der Waals surface area contributed by atoms with Crippen LogP contribution in [0.3, 0.4) is 0 Å². The number of aliphatic carboxylic acids is 1. The Balaban J connectivity index is 2.41. The van der Waals surface area contributed by atoms with Gasteiger partial charge in [-0.1, -0.05) is 0 Å². The highest BCUT2D eigenvalue weighted by Crippen LogP contribution is 2.16. The van der Waals surface area contributed by atoms with Gasteiger partial charge in [0.05, 0.1) is 18.4 Å². The highest BCUT2D eigenvalue weighted by Gasteiger charge is 2.27. The molecule has 7 heteroatoms. The van der Waals surface area contributed by atoms with Gasteiger partial charge in [-0.05, 0) is 12.8 Å². The average Bonchev–Trinajstić information content (AvgIpc) is 2.42. The summed E-state index contributed by atoms with van der Waals surface area (Å²) in [5, 5.41) is 11.4. The topological polar surface area (TPSA) is 95.9 Å². The Kier molecular flexibility index (Phi) is 6.44. The predicted molar refractivity (Wildman–Crippen MR) is 71.0 cm³/mol. The van der Waals surface area contributed by atoms with E-state index < -0.39 is 12.1 Å². The van der Waals surface area contributed by atoms with Crippen molar-refractivity contribution in [3.8, 4) is 0 Å². The minimum atomic E-state index is -0.966. The van der Waals surface area contributed by atoms with Crippen LogP contribution >= 0.6 is 0 Å². The van der Waals surface area contributed by atoms with E-state index in [1.807, 2.05) is 0 Å². The number of carbonyl (C=O) groups excluding carboxylic acids is 2. The van der Waals surface area contributed by atoms with Gasteiger partial charge in [-0.15, -0.1) is 0 Å². The lowest BCUT2D eigenvalue weighted by Gasteiger charge is -2.31. The van der Waals surface area contributed by atoms with Gasteiger partial charge in [0, 0.05) is 33.7 Å². The SMILES string of the molecule is COC(CNC(=O)C1CCCN(C(C)=O)C1)CC(=O)O. The van der Waals surface area contributed by atoms with E-state index in [-0.39, 0.29) is 30.7 Å². The van der Waals surface area contributed by atoms with Crippen LogP contribution in [0.15, 0.2) is 0 Å². The molecular formula is C13H22N2O5. The second-order valence-corrected chi connectivity index (χ2v) is 5.00. The summed E-state index contributed by atoms with van der Waals surface area (Å²) in [5.74, 6) is -1.37. The van der Waals surface area contributed by atoms with Crippen LogP contribution in [0.4, 0.5) is 0 Å². The van der Waals surface area contributed by atoms with Crippen LogP contribution in [0, 0.1) is 5.92 Å². The summed E-state index contributed by atoms with van der Waals surface area (Å²) in [7, 11) is 1.41. The molecule has 1 fully saturated rings. The molecule has 1 aliphatic rings. The van der Waals surface area contributed by atoms with E-state index >= 15 is 0 Å². The van der Waals surface area contributed by atoms with Crippen molar-refractivity contribution < 1.29 is 24.2 Å². The van der Waals surface area contributed by atoms with E-state index in [1.54, 1.807) is 4.90 Å². The normalized spacial score (nSPS) is 20.3. The molecular weight excluding hydrogens is 264 g/mol. The molecule has 7 nitrogen and oxygen atoms in total. The first kappa shape index (κ1) is 16.4. The number of hydrogen-bond donors (Lipinski definition) is 2. The number of carboxylic acid groups (broad SMARTS) is 1. The van der Waals surface area contributed by atoms with Crippen LogP contribution in [0.1, 0.15) is 26.2 Å². The Labute approximate surface area is 118 Å². The number of nitrogens with zero attached hydrogens (tertiary/aromatic N) is 1. The van der Waals surface area contributed by atoms with Gasteiger partial charge in [-0.2, -0.15) is 0 Å². The molecule has 2 N–H and O–H groups in total. The largest absolute Gasteiger partial charge is 0.481 e. The zero-order valence-corrected chi connectivity index (χ0v) is 11.9. The molecule has 0 spiro atoms. The van der Waals surface area contributed by atoms with Gasteiger partial charge in [0.2, 0.25) is 11.8 Å². The van der Waals surface area contributed by atoms with Crippen molar-refractivity contribution >= 4 is 17.8 Å². The Hall–Kier alpha value is -1.63. The molecule has 1 aliphatic heterocycles. The monoisotopic (exact) mass is 286 g/mol. The van der Waals surface area contributed by atoms with Crippen LogP contribution in [-0.2, 0) is 19.1 Å². The van der Waals surface area contributed by atoms with Crippen LogP contribution in [0.2, 0.25) is 0 Å². The van der Waals surface area contributed by atoms with Crippen molar-refractivity contribution in [1.82, 2.24) is 10.2 Å². The second-order valence-electron chi connectivity index (χ2n) is 5.00. The van der Waals surface area contributed by atoms with Crippen molar-refractivity contribution in [2.75, 3.05) is 26.7 Å². The summed E-state index contributed by atoms with van der Waals surface area (Å²) >= 11 is 0. The third kappa shape index (κ3) is 5.16. The number of amides is 2. The molecule has 2 amide bonds. The summed E-state index contributed by atoms with van der Waals surface area (Å²) in [4.78, 5) is 35.6. The highest BCUT2D eigenvalue weighted by molar-refractivity contribution is 5.80. The first-order valence-electron chi connectivity index (χ1n) is 6.71. The Morgan fingerprint density at radius 2 is 2.15 bits per heavy atom. The van der Waals surface area contributed by atoms with Crippen LogP contribution in [-0.4, -0.2) is 60.6 Å². The van der Waals surface area contributed by atoms with Crippen molar-refractivity contribution in [1.29, 1.82) is 0 Å². The van der Waals surface area contributed by atoms with Gasteiger partial charge in [-0.25, -0.2) is 0 Å². The molecule has 1 saturated heterocycles. The number of likely N-dealkylation sites (tertiary alicyclic amines) is 1. The minimum absolute atomic E-state index is 0.0249. The first-order valence-corrected chi connectivity index (χ1v) is 6.71. The van der Waals surface area contributed by atoms with Crippen molar-refractivity contribution in [2.24, 2.45) is 5.92 Å². The van der Waals surface area contributed by atoms with E-state index in [2.05, 4.69) is 5.32 Å². The molecule has 1 rings (SSSR count). The summed E-state index contributed by atoms with van der Waals surface area (Å²) < 4.78 is 5.00. The molecule has 0 aromatic heterocycles. The second kappa shape index (κ2) is 7.84. The van der Waals surface area contributed by atoms with Gasteiger partial charge in [0.1, 0.15) is 0 Å². The lowest BCUT2D eigenvalue weighted by Crippen LogP contribution is -2.46. The molecule has 0 aromatic carbocycles. The lowest BCUT2D eigenvalue weighted by atomic mass is 9.97. The van der Waals surface area contributed by atoms with Crippen LogP contribution in [0.25, 0.3) is 0 Å². The molecule has 0 radical (unpaired) electrons. The molecule has 0 aliphatic carbocycles. The third-order valence-corrected chi connectivity index (χ3v) is 3.48. The van der Waals surface area contributed by atoms with Crippen molar-refractivity contribution in [3.63, 3.8) is 0 Å². The Morgan fingerprint density at radius 3 is 2.70 bits per heavy atom. The molecule has 2 atom stereocenters. The smallest absolute Gasteiger partial charge is 0.306 e. The number of carbonyl (C=O) groups is 3. The number of methoxy groups -OCH3 is 1. The standard InChI is InChI=1S/C13H22N2O5/c1-9(16)15-5-3-4-10(8-15)13(19)14-7-11(20-2)6-12(17)18/h10-11H,3-8H2,1-2H3,(H,14,19)(H,17,18). The average molecular weight is 286 g/mol. The minimum Gasteiger partial charge on any atom is -0.481 e. The maximum Gasteiger partial charge on any atom is 0.306 e. The molecule has 1 heterocycles. The van der Waals surface area contributed by atoms with Gasteiger partial charge in [0.15, 0.2) is 0 Å². The number of hydrogen-bond acceptors (Lipinski definition) is 4. The highest BCUT2D eigenvalue weighted by atomic mass is 16.5. The Morgan fingerprint density at radius 1 is 1.45 bits per heavy atom. The molecule has 20 heavy (non-hydrogen) atoms. The van der Waals surface area contributed by atoms with E-state index in [0.717, 1.165) is 12.8 Å². The fourth-order valence-electron chi connectivity index (χ4n) is 2.27. The summed E-state index contributed by atoms with van der Waals surface area (Å²) in [6, 6.07) is 0. The number of rotatable bonds is 6. The summed E-state index contributed by atoms with van der Waals surface area (Å²) in [6.07, 6.45) is 0.859. The van der Waals surface area contributed by atoms with E-state index in [4.69, 9.17) is 9.84 Å². The van der Waals surface area contributed by atoms with E-state index in [1.165, 1.54) is 14.0 Å². The van der Waals surface area contributed by atoms with E-state index in [9.17, 15) is 14.4 Å². The molecule has 2 unspecified atom stereocenters. The van der Waals surface area contributed by atoms with Crippen LogP contribution in [0.5, 0.6) is 0 Å². The number of carboxylic acids is 1. The third-order valence-electron chi connectivity index (χ3n) is 3.48. The first-order chi connectivity index (χ1) is 9.43. The van der Waals surface area contributed by atoms with E-state index in [0.29, 0.717) is 13.1 Å². The van der Waals surface area contributed by atoms with Gasteiger partial charge < -0.3 is 20.1 Å². The van der Waals surface area contributed by atoms with Crippen LogP contribution < -0.4 is 5.32 Å². The molecule has 0 saturated carbocycles.